The van der Waals surface area contributed by atoms with Crippen molar-refractivity contribution in [2.45, 2.75) is 13.5 Å². The van der Waals surface area contributed by atoms with Crippen molar-refractivity contribution in [1.29, 1.82) is 0 Å². The van der Waals surface area contributed by atoms with Gasteiger partial charge >= 0.3 is 0 Å². The number of halogens is 2. The summed E-state index contributed by atoms with van der Waals surface area (Å²) < 4.78 is 15.7. The lowest BCUT2D eigenvalue weighted by molar-refractivity contribution is 0.199. The van der Waals surface area contributed by atoms with E-state index >= 15 is 0 Å². The summed E-state index contributed by atoms with van der Waals surface area (Å²) in [4.78, 5) is 0. The zero-order chi connectivity index (χ0) is 13.4. The number of rotatable bonds is 8. The second kappa shape index (κ2) is 10.1. The molecule has 0 unspecified atom stereocenters. The van der Waals surface area contributed by atoms with Crippen LogP contribution in [-0.4, -0.2) is 34.0 Å². The molecule has 0 radical (unpaired) electrons. The fourth-order valence-corrected chi connectivity index (χ4v) is 1.90. The molecule has 0 atom stereocenters. The molecule has 1 aromatic carbocycles. The maximum absolute atomic E-state index is 6.15. The molecule has 0 heterocycles. The number of nitrogens with one attached hydrogen (secondary N) is 1. The van der Waals surface area contributed by atoms with E-state index in [0.29, 0.717) is 36.3 Å². The zero-order valence-electron chi connectivity index (χ0n) is 11.5. The minimum Gasteiger partial charge on any atom is -0.491 e. The number of benzene rings is 1. The molecule has 1 aromatic rings. The molecular formula is C13H21Cl2NO3. The Bertz CT molecular complexity index is 375. The molecule has 0 saturated heterocycles. The van der Waals surface area contributed by atoms with E-state index in [0.717, 1.165) is 12.1 Å². The Kier molecular flexibility index (Phi) is 9.79. The molecule has 1 N–H and O–H groups in total. The molecule has 0 fully saturated rings. The van der Waals surface area contributed by atoms with Crippen LogP contribution in [0.15, 0.2) is 12.1 Å². The zero-order valence-corrected chi connectivity index (χ0v) is 13.1. The smallest absolute Gasteiger partial charge is 0.179 e. The van der Waals surface area contributed by atoms with Crippen LogP contribution >= 0.6 is 24.0 Å². The monoisotopic (exact) mass is 309 g/mol. The van der Waals surface area contributed by atoms with Gasteiger partial charge in [0.15, 0.2) is 11.5 Å². The van der Waals surface area contributed by atoms with Crippen molar-refractivity contribution in [3.63, 3.8) is 0 Å². The van der Waals surface area contributed by atoms with Crippen LogP contribution in [0.3, 0.4) is 0 Å². The van der Waals surface area contributed by atoms with E-state index in [1.807, 2.05) is 19.1 Å². The Morgan fingerprint density at radius 1 is 1.26 bits per heavy atom. The third-order valence-electron chi connectivity index (χ3n) is 2.39. The first-order valence-corrected chi connectivity index (χ1v) is 6.29. The van der Waals surface area contributed by atoms with Gasteiger partial charge in [-0.25, -0.2) is 0 Å². The maximum atomic E-state index is 6.15. The van der Waals surface area contributed by atoms with E-state index in [1.54, 1.807) is 14.2 Å². The standard InChI is InChI=1S/C13H20ClNO3.ClH/c1-4-18-12-8-10(9-15-5-6-16-2)7-11(14)13(12)17-3;/h7-8,15H,4-6,9H2,1-3H3;1H. The Balaban J connectivity index is 0.00000324. The van der Waals surface area contributed by atoms with E-state index in [2.05, 4.69) is 5.32 Å². The van der Waals surface area contributed by atoms with Gasteiger partial charge in [0.2, 0.25) is 0 Å². The van der Waals surface area contributed by atoms with Crippen LogP contribution in [0.1, 0.15) is 12.5 Å². The van der Waals surface area contributed by atoms with Gasteiger partial charge in [-0.15, -0.1) is 12.4 Å². The normalized spacial score (nSPS) is 9.89. The summed E-state index contributed by atoms with van der Waals surface area (Å²) in [7, 11) is 3.26. The summed E-state index contributed by atoms with van der Waals surface area (Å²) in [6, 6.07) is 3.82. The third kappa shape index (κ3) is 5.87. The fourth-order valence-electron chi connectivity index (χ4n) is 1.59. The van der Waals surface area contributed by atoms with Crippen LogP contribution in [0.25, 0.3) is 0 Å². The molecule has 0 saturated carbocycles. The number of ether oxygens (including phenoxy) is 3. The molecule has 0 spiro atoms. The van der Waals surface area contributed by atoms with Crippen molar-refractivity contribution < 1.29 is 14.2 Å². The van der Waals surface area contributed by atoms with Gasteiger partial charge in [-0.1, -0.05) is 11.6 Å². The van der Waals surface area contributed by atoms with Crippen LogP contribution < -0.4 is 14.8 Å². The van der Waals surface area contributed by atoms with E-state index in [-0.39, 0.29) is 12.4 Å². The Hall–Kier alpha value is -0.680. The first-order valence-electron chi connectivity index (χ1n) is 5.91. The highest BCUT2D eigenvalue weighted by atomic mass is 35.5. The molecule has 6 heteroatoms. The second-order valence-electron chi connectivity index (χ2n) is 3.71. The summed E-state index contributed by atoms with van der Waals surface area (Å²) in [5.74, 6) is 1.26. The minimum absolute atomic E-state index is 0. The Morgan fingerprint density at radius 2 is 2.00 bits per heavy atom. The van der Waals surface area contributed by atoms with Gasteiger partial charge < -0.3 is 19.5 Å². The first kappa shape index (κ1) is 18.3. The van der Waals surface area contributed by atoms with Crippen LogP contribution in [-0.2, 0) is 11.3 Å². The molecule has 1 rings (SSSR count). The molecular weight excluding hydrogens is 289 g/mol. The lowest BCUT2D eigenvalue weighted by Crippen LogP contribution is -2.18. The number of methoxy groups -OCH3 is 2. The summed E-state index contributed by atoms with van der Waals surface area (Å²) in [5.41, 5.74) is 1.06. The van der Waals surface area contributed by atoms with Crippen LogP contribution in [0, 0.1) is 0 Å². The molecule has 110 valence electrons. The van der Waals surface area contributed by atoms with Crippen LogP contribution in [0.4, 0.5) is 0 Å². The molecule has 0 aliphatic heterocycles. The maximum Gasteiger partial charge on any atom is 0.179 e. The summed E-state index contributed by atoms with van der Waals surface area (Å²) in [6.45, 7) is 4.70. The average molecular weight is 310 g/mol. The third-order valence-corrected chi connectivity index (χ3v) is 2.67. The van der Waals surface area contributed by atoms with Gasteiger partial charge in [0.05, 0.1) is 25.3 Å². The van der Waals surface area contributed by atoms with E-state index in [4.69, 9.17) is 25.8 Å². The van der Waals surface area contributed by atoms with Crippen LogP contribution in [0.5, 0.6) is 11.5 Å². The van der Waals surface area contributed by atoms with Crippen molar-refractivity contribution in [3.8, 4) is 11.5 Å². The highest BCUT2D eigenvalue weighted by molar-refractivity contribution is 6.32. The van der Waals surface area contributed by atoms with Gasteiger partial charge in [-0.2, -0.15) is 0 Å². The van der Waals surface area contributed by atoms with Crippen molar-refractivity contribution in [1.82, 2.24) is 5.32 Å². The van der Waals surface area contributed by atoms with Crippen molar-refractivity contribution in [2.24, 2.45) is 0 Å². The summed E-state index contributed by atoms with van der Waals surface area (Å²) in [6.07, 6.45) is 0. The molecule has 0 aromatic heterocycles. The van der Waals surface area contributed by atoms with Gasteiger partial charge in [-0.05, 0) is 24.6 Å². The van der Waals surface area contributed by atoms with Crippen molar-refractivity contribution in [2.75, 3.05) is 34.0 Å². The molecule has 0 aliphatic rings. The average Bonchev–Trinajstić information content (AvgIpc) is 2.35. The lowest BCUT2D eigenvalue weighted by atomic mass is 10.2. The number of hydrogen-bond donors (Lipinski definition) is 1. The van der Waals surface area contributed by atoms with Gasteiger partial charge in [-0.3, -0.25) is 0 Å². The highest BCUT2D eigenvalue weighted by Crippen LogP contribution is 2.36. The fraction of sp³-hybridized carbons (Fsp3) is 0.538. The molecule has 0 amide bonds. The summed E-state index contributed by atoms with van der Waals surface area (Å²) >= 11 is 6.15. The lowest BCUT2D eigenvalue weighted by Gasteiger charge is -2.13. The predicted octanol–water partition coefficient (Wildman–Crippen LogP) is 2.91. The minimum atomic E-state index is 0. The van der Waals surface area contributed by atoms with E-state index < -0.39 is 0 Å². The quantitative estimate of drug-likeness (QED) is 0.750. The topological polar surface area (TPSA) is 39.7 Å². The molecule has 0 aliphatic carbocycles. The summed E-state index contributed by atoms with van der Waals surface area (Å²) in [5, 5.41) is 3.82. The van der Waals surface area contributed by atoms with Gasteiger partial charge in [0, 0.05) is 20.2 Å². The van der Waals surface area contributed by atoms with Gasteiger partial charge in [0.1, 0.15) is 0 Å². The second-order valence-corrected chi connectivity index (χ2v) is 4.12. The molecule has 4 nitrogen and oxygen atoms in total. The van der Waals surface area contributed by atoms with E-state index in [1.165, 1.54) is 0 Å². The van der Waals surface area contributed by atoms with E-state index in [9.17, 15) is 0 Å². The van der Waals surface area contributed by atoms with Crippen LogP contribution in [0.2, 0.25) is 5.02 Å². The van der Waals surface area contributed by atoms with Crippen molar-refractivity contribution in [3.05, 3.63) is 22.7 Å². The molecule has 0 bridgehead atoms. The number of hydrogen-bond acceptors (Lipinski definition) is 4. The molecule has 19 heavy (non-hydrogen) atoms. The first-order chi connectivity index (χ1) is 8.72. The highest BCUT2D eigenvalue weighted by Gasteiger charge is 2.11. The Morgan fingerprint density at radius 3 is 2.58 bits per heavy atom. The Labute approximate surface area is 125 Å². The predicted molar refractivity (Wildman–Crippen MR) is 80.0 cm³/mol. The largest absolute Gasteiger partial charge is 0.491 e. The SMILES string of the molecule is CCOc1cc(CNCCOC)cc(Cl)c1OC.Cl. The van der Waals surface area contributed by atoms with Gasteiger partial charge in [0.25, 0.3) is 0 Å². The van der Waals surface area contributed by atoms with Crippen molar-refractivity contribution >= 4 is 24.0 Å².